The molecular weight excluding hydrogens is 553 g/mol. The summed E-state index contributed by atoms with van der Waals surface area (Å²) in [6.07, 6.45) is 0. The highest BCUT2D eigenvalue weighted by Crippen LogP contribution is 2.58. The van der Waals surface area contributed by atoms with Crippen LogP contribution in [0.4, 0.5) is 17.1 Å². The zero-order chi connectivity index (χ0) is 24.5. The first-order valence-electron chi connectivity index (χ1n) is 11.2. The van der Waals surface area contributed by atoms with E-state index < -0.39 is 0 Å². The molecule has 0 atom stereocenters. The Labute approximate surface area is 219 Å². The van der Waals surface area contributed by atoms with Gasteiger partial charge < -0.3 is 23.8 Å². The third-order valence-corrected chi connectivity index (χ3v) is 7.14. The van der Waals surface area contributed by atoms with Gasteiger partial charge in [-0.1, -0.05) is 18.2 Å². The monoisotopic (exact) mass is 579 g/mol. The Morgan fingerprint density at radius 3 is 1.37 bits per heavy atom. The number of fused-ring (bicyclic) bond motifs is 2. The number of methoxy groups -OCH3 is 4. The second-order valence-corrected chi connectivity index (χ2v) is 9.35. The number of benzene rings is 4. The summed E-state index contributed by atoms with van der Waals surface area (Å²) in [6, 6.07) is 26.7. The van der Waals surface area contributed by atoms with Gasteiger partial charge in [0.25, 0.3) is 0 Å². The van der Waals surface area contributed by atoms with Gasteiger partial charge in [0.2, 0.25) is 0 Å². The highest BCUT2D eigenvalue weighted by atomic mass is 127. The second-order valence-electron chi connectivity index (χ2n) is 8.11. The molecule has 0 radical (unpaired) electrons. The van der Waals surface area contributed by atoms with Crippen molar-refractivity contribution in [1.82, 2.24) is 0 Å². The molecule has 5 rings (SSSR count). The average Bonchev–Trinajstić information content (AvgIpc) is 2.91. The Morgan fingerprint density at radius 2 is 0.943 bits per heavy atom. The lowest BCUT2D eigenvalue weighted by Gasteiger charge is -2.39. The van der Waals surface area contributed by atoms with Crippen LogP contribution in [0.1, 0.15) is 22.6 Å². The van der Waals surface area contributed by atoms with Crippen LogP contribution in [0.15, 0.2) is 78.9 Å². The predicted octanol–water partition coefficient (Wildman–Crippen LogP) is 7.29. The lowest BCUT2D eigenvalue weighted by atomic mass is 9.78. The topological polar surface area (TPSA) is 40.2 Å². The summed E-state index contributed by atoms with van der Waals surface area (Å²) >= 11 is 2.33. The Bertz CT molecular complexity index is 1290. The Hall–Kier alpha value is -3.39. The maximum Gasteiger partial charge on any atom is 0.126 e. The van der Waals surface area contributed by atoms with Gasteiger partial charge in [0.1, 0.15) is 23.0 Å². The molecule has 178 valence electrons. The first kappa shape index (κ1) is 23.4. The van der Waals surface area contributed by atoms with E-state index in [9.17, 15) is 0 Å². The van der Waals surface area contributed by atoms with E-state index in [-0.39, 0.29) is 5.92 Å². The van der Waals surface area contributed by atoms with Crippen molar-refractivity contribution < 1.29 is 18.9 Å². The van der Waals surface area contributed by atoms with Crippen LogP contribution in [0.3, 0.4) is 0 Å². The SMILES string of the molecule is COc1cccc(OC)c1C1c2c(OC)cccc2N(c2ccc(I)cc2)c2cccc(OC)c21. The van der Waals surface area contributed by atoms with Gasteiger partial charge >= 0.3 is 0 Å². The standard InChI is InChI=1S/C29H26INO4/c1-32-22-10-5-8-20-26(22)29(28-24(34-3)12-7-13-25(28)35-4)27-21(9-6-11-23(27)33-2)31(20)19-16-14-18(30)15-17-19/h5-17,29H,1-4H3. The van der Waals surface area contributed by atoms with Crippen LogP contribution in [0.5, 0.6) is 23.0 Å². The quantitative estimate of drug-likeness (QED) is 0.198. The molecule has 4 aromatic carbocycles. The molecule has 6 heteroatoms. The predicted molar refractivity (Wildman–Crippen MR) is 147 cm³/mol. The van der Waals surface area contributed by atoms with Crippen molar-refractivity contribution in [2.24, 2.45) is 0 Å². The van der Waals surface area contributed by atoms with Crippen molar-refractivity contribution in [3.05, 3.63) is 99.1 Å². The maximum atomic E-state index is 5.95. The van der Waals surface area contributed by atoms with Gasteiger partial charge in [0.15, 0.2) is 0 Å². The van der Waals surface area contributed by atoms with E-state index in [1.807, 2.05) is 42.5 Å². The zero-order valence-corrected chi connectivity index (χ0v) is 22.2. The molecule has 0 N–H and O–H groups in total. The molecule has 5 nitrogen and oxygen atoms in total. The summed E-state index contributed by atoms with van der Waals surface area (Å²) < 4.78 is 24.8. The van der Waals surface area contributed by atoms with Crippen molar-refractivity contribution >= 4 is 39.7 Å². The summed E-state index contributed by atoms with van der Waals surface area (Å²) in [5, 5.41) is 0. The van der Waals surface area contributed by atoms with E-state index in [1.54, 1.807) is 28.4 Å². The van der Waals surface area contributed by atoms with Crippen molar-refractivity contribution in [3.63, 3.8) is 0 Å². The van der Waals surface area contributed by atoms with Crippen LogP contribution >= 0.6 is 22.6 Å². The normalized spacial score (nSPS) is 12.5. The van der Waals surface area contributed by atoms with Crippen LogP contribution in [0, 0.1) is 3.57 Å². The highest BCUT2D eigenvalue weighted by Gasteiger charge is 2.39. The van der Waals surface area contributed by atoms with E-state index in [1.165, 1.54) is 3.57 Å². The molecule has 0 fully saturated rings. The third-order valence-electron chi connectivity index (χ3n) is 6.42. The molecule has 4 aromatic rings. The second kappa shape index (κ2) is 9.70. The molecule has 0 aromatic heterocycles. The number of hydrogen-bond acceptors (Lipinski definition) is 5. The van der Waals surface area contributed by atoms with E-state index in [0.29, 0.717) is 0 Å². The number of ether oxygens (including phenoxy) is 4. The molecule has 1 aliphatic heterocycles. The number of anilines is 3. The number of rotatable bonds is 6. The van der Waals surface area contributed by atoms with Crippen molar-refractivity contribution in [1.29, 1.82) is 0 Å². The van der Waals surface area contributed by atoms with Gasteiger partial charge in [-0.3, -0.25) is 0 Å². The Kier molecular flexibility index (Phi) is 6.47. The molecule has 0 saturated heterocycles. The minimum absolute atomic E-state index is 0.251. The van der Waals surface area contributed by atoms with Gasteiger partial charge in [0.05, 0.1) is 45.7 Å². The summed E-state index contributed by atoms with van der Waals surface area (Å²) in [7, 11) is 6.79. The maximum absolute atomic E-state index is 5.95. The molecule has 0 saturated carbocycles. The van der Waals surface area contributed by atoms with Crippen LogP contribution in [0.2, 0.25) is 0 Å². The summed E-state index contributed by atoms with van der Waals surface area (Å²) in [6.45, 7) is 0. The minimum atomic E-state index is -0.251. The fraction of sp³-hybridized carbons (Fsp3) is 0.172. The molecule has 1 heterocycles. The average molecular weight is 579 g/mol. The minimum Gasteiger partial charge on any atom is -0.496 e. The number of halogens is 1. The number of nitrogens with zero attached hydrogens (tertiary/aromatic N) is 1. The molecule has 0 aliphatic carbocycles. The summed E-state index contributed by atoms with van der Waals surface area (Å²) in [4.78, 5) is 2.27. The van der Waals surface area contributed by atoms with Crippen LogP contribution < -0.4 is 23.8 Å². The largest absolute Gasteiger partial charge is 0.496 e. The van der Waals surface area contributed by atoms with Gasteiger partial charge in [-0.25, -0.2) is 0 Å². The Balaban J connectivity index is 1.92. The first-order valence-corrected chi connectivity index (χ1v) is 12.3. The van der Waals surface area contributed by atoms with Crippen molar-refractivity contribution in [2.45, 2.75) is 5.92 Å². The van der Waals surface area contributed by atoms with Gasteiger partial charge in [-0.05, 0) is 83.3 Å². The third kappa shape index (κ3) is 3.86. The lowest BCUT2D eigenvalue weighted by molar-refractivity contribution is 0.378. The molecule has 0 amide bonds. The van der Waals surface area contributed by atoms with Crippen LogP contribution in [-0.4, -0.2) is 28.4 Å². The molecular formula is C29H26INO4. The van der Waals surface area contributed by atoms with Crippen molar-refractivity contribution in [3.8, 4) is 23.0 Å². The highest BCUT2D eigenvalue weighted by molar-refractivity contribution is 14.1. The molecule has 35 heavy (non-hydrogen) atoms. The van der Waals surface area contributed by atoms with E-state index in [4.69, 9.17) is 18.9 Å². The molecule has 0 unspecified atom stereocenters. The van der Waals surface area contributed by atoms with Crippen molar-refractivity contribution in [2.75, 3.05) is 33.3 Å². The molecule has 1 aliphatic rings. The fourth-order valence-corrected chi connectivity index (χ4v) is 5.35. The first-order chi connectivity index (χ1) is 17.1. The van der Waals surface area contributed by atoms with Gasteiger partial charge in [-0.15, -0.1) is 0 Å². The van der Waals surface area contributed by atoms with E-state index in [0.717, 1.165) is 56.8 Å². The summed E-state index contributed by atoms with van der Waals surface area (Å²) in [5.41, 5.74) is 6.09. The van der Waals surface area contributed by atoms with Gasteiger partial charge in [-0.2, -0.15) is 0 Å². The fourth-order valence-electron chi connectivity index (χ4n) is 4.99. The lowest BCUT2D eigenvalue weighted by Crippen LogP contribution is -2.24. The smallest absolute Gasteiger partial charge is 0.126 e. The Morgan fingerprint density at radius 1 is 0.543 bits per heavy atom. The van der Waals surface area contributed by atoms with E-state index in [2.05, 4.69) is 63.9 Å². The summed E-state index contributed by atoms with van der Waals surface area (Å²) in [5.74, 6) is 2.80. The molecule has 0 spiro atoms. The molecule has 0 bridgehead atoms. The van der Waals surface area contributed by atoms with Gasteiger partial charge in [0, 0.05) is 25.9 Å². The van der Waals surface area contributed by atoms with Crippen LogP contribution in [0.25, 0.3) is 0 Å². The zero-order valence-electron chi connectivity index (χ0n) is 20.0. The van der Waals surface area contributed by atoms with Crippen LogP contribution in [-0.2, 0) is 0 Å². The van der Waals surface area contributed by atoms with E-state index >= 15 is 0 Å². The number of hydrogen-bond donors (Lipinski definition) is 0.